The van der Waals surface area contributed by atoms with E-state index in [0.717, 1.165) is 22.8 Å². The number of nitrogens with one attached hydrogen (secondary N) is 1. The maximum atomic E-state index is 12.5. The number of hydrazone groups is 1. The van der Waals surface area contributed by atoms with Crippen LogP contribution in [0.1, 0.15) is 22.3 Å². The molecule has 7 heteroatoms. The van der Waals surface area contributed by atoms with E-state index < -0.39 is 11.7 Å². The van der Waals surface area contributed by atoms with Crippen LogP contribution < -0.4 is 5.43 Å². The van der Waals surface area contributed by atoms with Crippen molar-refractivity contribution in [2.75, 3.05) is 5.43 Å². The first-order valence-corrected chi connectivity index (χ1v) is 6.74. The molecule has 0 radical (unpaired) electrons. The molecular weight excluding hydrogens is 315 g/mol. The first-order chi connectivity index (χ1) is 10.3. The summed E-state index contributed by atoms with van der Waals surface area (Å²) in [5, 5.41) is 3.82. The molecule has 0 bridgehead atoms. The van der Waals surface area contributed by atoms with Crippen LogP contribution in [-0.4, -0.2) is 11.2 Å². The van der Waals surface area contributed by atoms with Crippen molar-refractivity contribution < 1.29 is 13.2 Å². The Hall–Kier alpha value is -2.08. The van der Waals surface area contributed by atoms with Crippen molar-refractivity contribution in [3.8, 4) is 0 Å². The van der Waals surface area contributed by atoms with Gasteiger partial charge in [-0.1, -0.05) is 35.4 Å². The molecule has 0 saturated heterocycles. The number of nitrogens with zero attached hydrogens (tertiary/aromatic N) is 2. The first kappa shape index (κ1) is 16.3. The lowest BCUT2D eigenvalue weighted by Crippen LogP contribution is -2.06. The molecular formula is C15H13ClF3N3. The minimum atomic E-state index is -4.48. The molecule has 0 aliphatic rings. The predicted octanol–water partition coefficient (Wildman–Crippen LogP) is 4.82. The second-order valence-electron chi connectivity index (χ2n) is 4.78. The van der Waals surface area contributed by atoms with Gasteiger partial charge in [0.15, 0.2) is 5.82 Å². The van der Waals surface area contributed by atoms with Gasteiger partial charge in [-0.25, -0.2) is 4.98 Å². The molecule has 2 aromatic rings. The zero-order valence-electron chi connectivity index (χ0n) is 11.9. The molecule has 0 aliphatic heterocycles. The van der Waals surface area contributed by atoms with Gasteiger partial charge in [-0.05, 0) is 31.0 Å². The Labute approximate surface area is 130 Å². The molecule has 0 fully saturated rings. The number of aromatic nitrogens is 1. The molecule has 3 nitrogen and oxygen atoms in total. The van der Waals surface area contributed by atoms with Crippen molar-refractivity contribution in [3.63, 3.8) is 0 Å². The number of aryl methyl sites for hydroxylation is 2. The summed E-state index contributed by atoms with van der Waals surface area (Å²) in [6.45, 7) is 3.89. The van der Waals surface area contributed by atoms with Crippen LogP contribution in [0.25, 0.3) is 0 Å². The standard InChI is InChI=1S/C15H13ClF3N3/c1-9-3-4-10(2)11(5-9)7-21-22-14-13(16)6-12(8-20-14)15(17,18)19/h3-8H,1-2H3,(H,20,22)/b21-7+. The zero-order valence-corrected chi connectivity index (χ0v) is 12.6. The third-order valence-corrected chi connectivity index (χ3v) is 3.27. The highest BCUT2D eigenvalue weighted by atomic mass is 35.5. The highest BCUT2D eigenvalue weighted by Crippen LogP contribution is 2.32. The largest absolute Gasteiger partial charge is 0.417 e. The number of rotatable bonds is 3. The fraction of sp³-hybridized carbons (Fsp3) is 0.200. The van der Waals surface area contributed by atoms with E-state index in [-0.39, 0.29) is 10.8 Å². The van der Waals surface area contributed by atoms with Gasteiger partial charge in [0.05, 0.1) is 16.8 Å². The number of alkyl halides is 3. The van der Waals surface area contributed by atoms with Crippen LogP contribution in [0.3, 0.4) is 0 Å². The monoisotopic (exact) mass is 327 g/mol. The molecule has 1 heterocycles. The van der Waals surface area contributed by atoms with Crippen molar-refractivity contribution >= 4 is 23.6 Å². The summed E-state index contributed by atoms with van der Waals surface area (Å²) in [6, 6.07) is 6.70. The molecule has 2 rings (SSSR count). The molecule has 0 unspecified atom stereocenters. The minimum absolute atomic E-state index is 0.0659. The van der Waals surface area contributed by atoms with Crippen LogP contribution >= 0.6 is 11.6 Å². The summed E-state index contributed by atoms with van der Waals surface area (Å²) in [5.74, 6) is 0.0659. The van der Waals surface area contributed by atoms with Gasteiger partial charge in [-0.15, -0.1) is 0 Å². The topological polar surface area (TPSA) is 37.3 Å². The first-order valence-electron chi connectivity index (χ1n) is 6.36. The van der Waals surface area contributed by atoms with E-state index in [2.05, 4.69) is 15.5 Å². The van der Waals surface area contributed by atoms with Crippen LogP contribution in [-0.2, 0) is 6.18 Å². The molecule has 0 aliphatic carbocycles. The van der Waals surface area contributed by atoms with E-state index in [0.29, 0.717) is 6.20 Å². The molecule has 22 heavy (non-hydrogen) atoms. The summed E-state index contributed by atoms with van der Waals surface area (Å²) < 4.78 is 37.5. The van der Waals surface area contributed by atoms with Gasteiger partial charge in [0.25, 0.3) is 0 Å². The van der Waals surface area contributed by atoms with Crippen molar-refractivity contribution in [2.45, 2.75) is 20.0 Å². The molecule has 1 aromatic heterocycles. The van der Waals surface area contributed by atoms with Crippen molar-refractivity contribution in [2.24, 2.45) is 5.10 Å². The molecule has 116 valence electrons. The second kappa shape index (κ2) is 6.36. The molecule has 0 amide bonds. The molecule has 0 saturated carbocycles. The van der Waals surface area contributed by atoms with E-state index >= 15 is 0 Å². The summed E-state index contributed by atoms with van der Waals surface area (Å²) in [4.78, 5) is 3.64. The van der Waals surface area contributed by atoms with Gasteiger partial charge in [-0.2, -0.15) is 18.3 Å². The highest BCUT2D eigenvalue weighted by molar-refractivity contribution is 6.32. The van der Waals surface area contributed by atoms with Gasteiger partial charge < -0.3 is 0 Å². The van der Waals surface area contributed by atoms with Gasteiger partial charge in [0.2, 0.25) is 0 Å². The average Bonchev–Trinajstić information content (AvgIpc) is 2.43. The Kier molecular flexibility index (Phi) is 4.71. The molecule has 0 atom stereocenters. The number of pyridine rings is 1. The van der Waals surface area contributed by atoms with Crippen molar-refractivity contribution in [3.05, 3.63) is 57.7 Å². The maximum absolute atomic E-state index is 12.5. The Morgan fingerprint density at radius 1 is 1.23 bits per heavy atom. The Balaban J connectivity index is 2.15. The van der Waals surface area contributed by atoms with Crippen LogP contribution in [0.15, 0.2) is 35.6 Å². The Bertz CT molecular complexity index is 712. The van der Waals surface area contributed by atoms with Crippen molar-refractivity contribution in [1.82, 2.24) is 4.98 Å². The number of hydrogen-bond acceptors (Lipinski definition) is 3. The lowest BCUT2D eigenvalue weighted by molar-refractivity contribution is -0.137. The Morgan fingerprint density at radius 2 is 1.95 bits per heavy atom. The molecule has 0 spiro atoms. The van der Waals surface area contributed by atoms with Gasteiger partial charge >= 0.3 is 6.18 Å². The summed E-state index contributed by atoms with van der Waals surface area (Å²) >= 11 is 5.77. The van der Waals surface area contributed by atoms with E-state index in [9.17, 15) is 13.2 Å². The normalized spacial score (nSPS) is 11.9. The van der Waals surface area contributed by atoms with Gasteiger partial charge in [0, 0.05) is 6.20 Å². The van der Waals surface area contributed by atoms with Crippen LogP contribution in [0, 0.1) is 13.8 Å². The van der Waals surface area contributed by atoms with Crippen LogP contribution in [0.4, 0.5) is 19.0 Å². The van der Waals surface area contributed by atoms with Crippen LogP contribution in [0.2, 0.25) is 5.02 Å². The van der Waals surface area contributed by atoms with Crippen LogP contribution in [0.5, 0.6) is 0 Å². The Morgan fingerprint density at radius 3 is 2.59 bits per heavy atom. The quantitative estimate of drug-likeness (QED) is 0.648. The fourth-order valence-corrected chi connectivity index (χ4v) is 1.95. The lowest BCUT2D eigenvalue weighted by Gasteiger charge is -2.08. The maximum Gasteiger partial charge on any atom is 0.417 e. The number of benzene rings is 1. The number of anilines is 1. The van der Waals surface area contributed by atoms with Crippen molar-refractivity contribution in [1.29, 1.82) is 0 Å². The molecule has 1 aromatic carbocycles. The number of hydrogen-bond donors (Lipinski definition) is 1. The highest BCUT2D eigenvalue weighted by Gasteiger charge is 2.31. The van der Waals surface area contributed by atoms with E-state index in [1.165, 1.54) is 0 Å². The third-order valence-electron chi connectivity index (χ3n) is 2.98. The third kappa shape index (κ3) is 3.98. The predicted molar refractivity (Wildman–Crippen MR) is 81.4 cm³/mol. The van der Waals surface area contributed by atoms with Gasteiger partial charge in [0.1, 0.15) is 0 Å². The van der Waals surface area contributed by atoms with Gasteiger partial charge in [-0.3, -0.25) is 5.43 Å². The summed E-state index contributed by atoms with van der Waals surface area (Å²) in [6.07, 6.45) is -2.20. The van der Waals surface area contributed by atoms with E-state index in [4.69, 9.17) is 11.6 Å². The van der Waals surface area contributed by atoms with E-state index in [1.54, 1.807) is 6.21 Å². The summed E-state index contributed by atoms with van der Waals surface area (Å²) in [5.41, 5.74) is 4.65. The number of halogens is 4. The van der Waals surface area contributed by atoms with E-state index in [1.807, 2.05) is 32.0 Å². The minimum Gasteiger partial charge on any atom is -0.260 e. The molecule has 1 N–H and O–H groups in total. The second-order valence-corrected chi connectivity index (χ2v) is 5.19. The SMILES string of the molecule is Cc1ccc(C)c(/C=N/Nc2ncc(C(F)(F)F)cc2Cl)c1. The fourth-order valence-electron chi connectivity index (χ4n) is 1.74. The zero-order chi connectivity index (χ0) is 16.3. The lowest BCUT2D eigenvalue weighted by atomic mass is 10.1. The smallest absolute Gasteiger partial charge is 0.260 e. The summed E-state index contributed by atoms with van der Waals surface area (Å²) in [7, 11) is 0. The average molecular weight is 328 g/mol.